The van der Waals surface area contributed by atoms with Gasteiger partial charge in [0.25, 0.3) is 0 Å². The van der Waals surface area contributed by atoms with E-state index in [4.69, 9.17) is 5.73 Å². The van der Waals surface area contributed by atoms with Gasteiger partial charge >= 0.3 is 0 Å². The van der Waals surface area contributed by atoms with Crippen LogP contribution in [0.4, 0.5) is 0 Å². The lowest BCUT2D eigenvalue weighted by atomic mass is 9.87. The number of amides is 1. The molecule has 17 heavy (non-hydrogen) atoms. The third-order valence-corrected chi connectivity index (χ3v) is 2.67. The number of nitrogens with one attached hydrogen (secondary N) is 1. The van der Waals surface area contributed by atoms with Crippen LogP contribution in [-0.2, 0) is 18.3 Å². The molecule has 1 heterocycles. The van der Waals surface area contributed by atoms with E-state index in [2.05, 4.69) is 15.5 Å². The first-order chi connectivity index (χ1) is 7.82. The first kappa shape index (κ1) is 13.6. The fourth-order valence-electron chi connectivity index (χ4n) is 1.33. The first-order valence-corrected chi connectivity index (χ1v) is 5.68. The van der Waals surface area contributed by atoms with Crippen LogP contribution in [0.5, 0.6) is 0 Å². The molecule has 0 spiro atoms. The highest BCUT2D eigenvalue weighted by atomic mass is 16.2. The van der Waals surface area contributed by atoms with E-state index >= 15 is 0 Å². The summed E-state index contributed by atoms with van der Waals surface area (Å²) >= 11 is 0. The van der Waals surface area contributed by atoms with E-state index in [-0.39, 0.29) is 11.3 Å². The summed E-state index contributed by atoms with van der Waals surface area (Å²) < 4.78 is 1.83. The molecular weight excluding hydrogens is 218 g/mol. The third kappa shape index (κ3) is 3.81. The van der Waals surface area contributed by atoms with Gasteiger partial charge in [0.05, 0.1) is 6.04 Å². The average Bonchev–Trinajstić information content (AvgIpc) is 2.62. The topological polar surface area (TPSA) is 85.8 Å². The molecule has 1 aromatic heterocycles. The van der Waals surface area contributed by atoms with Crippen molar-refractivity contribution in [1.29, 1.82) is 0 Å². The lowest BCUT2D eigenvalue weighted by Gasteiger charge is -2.25. The Morgan fingerprint density at radius 1 is 1.59 bits per heavy atom. The quantitative estimate of drug-likeness (QED) is 0.765. The molecule has 96 valence electrons. The minimum Gasteiger partial charge on any atom is -0.354 e. The van der Waals surface area contributed by atoms with Crippen LogP contribution in [-0.4, -0.2) is 33.3 Å². The molecule has 0 radical (unpaired) electrons. The molecule has 0 fully saturated rings. The zero-order chi connectivity index (χ0) is 13.1. The largest absolute Gasteiger partial charge is 0.354 e. The molecule has 0 aromatic carbocycles. The molecule has 0 saturated carbocycles. The molecule has 6 nitrogen and oxygen atoms in total. The van der Waals surface area contributed by atoms with Crippen molar-refractivity contribution in [2.24, 2.45) is 18.2 Å². The molecule has 6 heteroatoms. The summed E-state index contributed by atoms with van der Waals surface area (Å²) in [5, 5.41) is 10.5. The standard InChI is InChI=1S/C11H21N5O/c1-11(2,3)9(12)10(17)13-6-5-8-15-14-7-16(8)4/h7,9H,5-6,12H2,1-4H3,(H,13,17). The maximum absolute atomic E-state index is 11.7. The van der Waals surface area contributed by atoms with Gasteiger partial charge < -0.3 is 15.6 Å². The van der Waals surface area contributed by atoms with Crippen molar-refractivity contribution >= 4 is 5.91 Å². The Morgan fingerprint density at radius 2 is 2.24 bits per heavy atom. The van der Waals surface area contributed by atoms with E-state index in [9.17, 15) is 4.79 Å². The van der Waals surface area contributed by atoms with Gasteiger partial charge in [0.1, 0.15) is 12.2 Å². The minimum absolute atomic E-state index is 0.125. The molecular formula is C11H21N5O. The summed E-state index contributed by atoms with van der Waals surface area (Å²) in [6.07, 6.45) is 2.29. The van der Waals surface area contributed by atoms with Crippen LogP contribution in [0.1, 0.15) is 26.6 Å². The second kappa shape index (κ2) is 5.27. The summed E-state index contributed by atoms with van der Waals surface area (Å²) in [6, 6.07) is -0.498. The van der Waals surface area contributed by atoms with Crippen LogP contribution in [0, 0.1) is 5.41 Å². The van der Waals surface area contributed by atoms with Gasteiger partial charge in [-0.05, 0) is 5.41 Å². The Labute approximate surface area is 102 Å². The first-order valence-electron chi connectivity index (χ1n) is 5.68. The third-order valence-electron chi connectivity index (χ3n) is 2.67. The van der Waals surface area contributed by atoms with Crippen LogP contribution in [0.2, 0.25) is 0 Å². The van der Waals surface area contributed by atoms with Gasteiger partial charge in [0, 0.05) is 20.0 Å². The van der Waals surface area contributed by atoms with E-state index in [1.807, 2.05) is 32.4 Å². The summed E-state index contributed by atoms with van der Waals surface area (Å²) in [4.78, 5) is 11.7. The van der Waals surface area contributed by atoms with Crippen molar-refractivity contribution in [3.8, 4) is 0 Å². The fourth-order valence-corrected chi connectivity index (χ4v) is 1.33. The maximum Gasteiger partial charge on any atom is 0.237 e. The summed E-state index contributed by atoms with van der Waals surface area (Å²) in [5.74, 6) is 0.717. The number of hydrogen-bond acceptors (Lipinski definition) is 4. The second-order valence-corrected chi connectivity index (χ2v) is 5.24. The van der Waals surface area contributed by atoms with Crippen molar-refractivity contribution in [1.82, 2.24) is 20.1 Å². The van der Waals surface area contributed by atoms with Crippen molar-refractivity contribution in [2.75, 3.05) is 6.54 Å². The number of carbonyl (C=O) groups is 1. The van der Waals surface area contributed by atoms with E-state index in [0.717, 1.165) is 5.82 Å². The Kier molecular flexibility index (Phi) is 4.22. The highest BCUT2D eigenvalue weighted by Gasteiger charge is 2.26. The van der Waals surface area contributed by atoms with Gasteiger partial charge in [-0.1, -0.05) is 20.8 Å². The number of aromatic nitrogens is 3. The lowest BCUT2D eigenvalue weighted by Crippen LogP contribution is -2.49. The normalized spacial score (nSPS) is 13.5. The van der Waals surface area contributed by atoms with Crippen molar-refractivity contribution in [3.63, 3.8) is 0 Å². The van der Waals surface area contributed by atoms with Gasteiger partial charge in [-0.2, -0.15) is 0 Å². The van der Waals surface area contributed by atoms with E-state index in [1.54, 1.807) is 6.33 Å². The van der Waals surface area contributed by atoms with E-state index in [0.29, 0.717) is 13.0 Å². The minimum atomic E-state index is -0.498. The fraction of sp³-hybridized carbons (Fsp3) is 0.727. The monoisotopic (exact) mass is 239 g/mol. The van der Waals surface area contributed by atoms with Crippen LogP contribution >= 0.6 is 0 Å². The van der Waals surface area contributed by atoms with Crippen LogP contribution in [0.15, 0.2) is 6.33 Å². The Morgan fingerprint density at radius 3 is 2.71 bits per heavy atom. The van der Waals surface area contributed by atoms with Crippen molar-refractivity contribution < 1.29 is 4.79 Å². The van der Waals surface area contributed by atoms with Gasteiger partial charge in [0.2, 0.25) is 5.91 Å². The van der Waals surface area contributed by atoms with Crippen LogP contribution in [0.25, 0.3) is 0 Å². The summed E-state index contributed by atoms with van der Waals surface area (Å²) in [7, 11) is 1.87. The molecule has 1 rings (SSSR count). The molecule has 0 aliphatic carbocycles. The molecule has 1 amide bonds. The molecule has 0 aliphatic rings. The Balaban J connectivity index is 2.37. The Hall–Kier alpha value is -1.43. The molecule has 0 bridgehead atoms. The van der Waals surface area contributed by atoms with Crippen molar-refractivity contribution in [2.45, 2.75) is 33.2 Å². The summed E-state index contributed by atoms with van der Waals surface area (Å²) in [6.45, 7) is 6.36. The highest BCUT2D eigenvalue weighted by molar-refractivity contribution is 5.82. The maximum atomic E-state index is 11.7. The predicted octanol–water partition coefficient (Wildman–Crippen LogP) is -0.153. The number of nitrogens with two attached hydrogens (primary N) is 1. The van der Waals surface area contributed by atoms with Crippen molar-refractivity contribution in [3.05, 3.63) is 12.2 Å². The molecule has 3 N–H and O–H groups in total. The molecule has 0 aliphatic heterocycles. The van der Waals surface area contributed by atoms with Gasteiger partial charge in [0.15, 0.2) is 0 Å². The zero-order valence-corrected chi connectivity index (χ0v) is 10.9. The SMILES string of the molecule is Cn1cnnc1CCNC(=O)C(N)C(C)(C)C. The second-order valence-electron chi connectivity index (χ2n) is 5.24. The van der Waals surface area contributed by atoms with E-state index in [1.165, 1.54) is 0 Å². The molecule has 1 atom stereocenters. The smallest absolute Gasteiger partial charge is 0.237 e. The molecule has 1 unspecified atom stereocenters. The van der Waals surface area contributed by atoms with Crippen LogP contribution in [0.3, 0.4) is 0 Å². The number of rotatable bonds is 4. The predicted molar refractivity (Wildman–Crippen MR) is 65.1 cm³/mol. The molecule has 1 aromatic rings. The Bertz CT molecular complexity index is 379. The number of hydrogen-bond donors (Lipinski definition) is 2. The van der Waals surface area contributed by atoms with E-state index < -0.39 is 6.04 Å². The number of aryl methyl sites for hydroxylation is 1. The van der Waals surface area contributed by atoms with Gasteiger partial charge in [-0.15, -0.1) is 10.2 Å². The van der Waals surface area contributed by atoms with Crippen LogP contribution < -0.4 is 11.1 Å². The number of nitrogens with zero attached hydrogens (tertiary/aromatic N) is 3. The zero-order valence-electron chi connectivity index (χ0n) is 10.9. The average molecular weight is 239 g/mol. The van der Waals surface area contributed by atoms with Gasteiger partial charge in [-0.25, -0.2) is 0 Å². The highest BCUT2D eigenvalue weighted by Crippen LogP contribution is 2.16. The number of carbonyl (C=O) groups excluding carboxylic acids is 1. The van der Waals surface area contributed by atoms with Gasteiger partial charge in [-0.3, -0.25) is 4.79 Å². The lowest BCUT2D eigenvalue weighted by molar-refractivity contribution is -0.124. The summed E-state index contributed by atoms with van der Waals surface area (Å²) in [5.41, 5.74) is 5.61. The molecule has 0 saturated heterocycles.